The summed E-state index contributed by atoms with van der Waals surface area (Å²) in [5, 5.41) is 6.01. The van der Waals surface area contributed by atoms with Gasteiger partial charge in [0.25, 0.3) is 0 Å². The van der Waals surface area contributed by atoms with Gasteiger partial charge in [0.15, 0.2) is 0 Å². The van der Waals surface area contributed by atoms with Crippen LogP contribution in [0.2, 0.25) is 5.02 Å². The van der Waals surface area contributed by atoms with E-state index >= 15 is 0 Å². The van der Waals surface area contributed by atoms with E-state index < -0.39 is 0 Å². The molecule has 1 aromatic rings. The van der Waals surface area contributed by atoms with Gasteiger partial charge < -0.3 is 15.5 Å². The Morgan fingerprint density at radius 3 is 2.56 bits per heavy atom. The smallest absolute Gasteiger partial charge is 0.245 e. The van der Waals surface area contributed by atoms with Gasteiger partial charge in [-0.1, -0.05) is 23.7 Å². The summed E-state index contributed by atoms with van der Waals surface area (Å²) < 4.78 is 0. The van der Waals surface area contributed by atoms with Gasteiger partial charge in [0.05, 0.1) is 17.3 Å². The summed E-state index contributed by atoms with van der Waals surface area (Å²) in [5.41, 5.74) is 0.597. The Bertz CT molecular complexity index is 674. The summed E-state index contributed by atoms with van der Waals surface area (Å²) in [6.45, 7) is 2.63. The molecule has 8 heteroatoms. The number of nitrogens with one attached hydrogen (secondary N) is 2. The first-order valence-electron chi connectivity index (χ1n) is 8.38. The predicted molar refractivity (Wildman–Crippen MR) is 94.3 cm³/mol. The molecule has 0 saturated carbocycles. The van der Waals surface area contributed by atoms with E-state index in [1.807, 2.05) is 11.0 Å². The van der Waals surface area contributed by atoms with Crippen LogP contribution in [-0.2, 0) is 14.4 Å². The highest BCUT2D eigenvalue weighted by Crippen LogP contribution is 2.20. The number of carbonyl (C=O) groups is 3. The van der Waals surface area contributed by atoms with Crippen molar-refractivity contribution < 1.29 is 14.4 Å². The second-order valence-corrected chi connectivity index (χ2v) is 6.70. The third kappa shape index (κ3) is 4.49. The van der Waals surface area contributed by atoms with Crippen LogP contribution in [0.4, 0.5) is 5.69 Å². The average molecular weight is 365 g/mol. The highest BCUT2D eigenvalue weighted by molar-refractivity contribution is 6.33. The van der Waals surface area contributed by atoms with Crippen LogP contribution in [0.15, 0.2) is 24.3 Å². The average Bonchev–Trinajstić information content (AvgIpc) is 3.03. The van der Waals surface area contributed by atoms with Crippen LogP contribution < -0.4 is 10.6 Å². The van der Waals surface area contributed by atoms with E-state index in [2.05, 4.69) is 10.6 Å². The molecule has 3 amide bonds. The lowest BCUT2D eigenvalue weighted by Crippen LogP contribution is -2.54. The minimum atomic E-state index is -0.387. The zero-order valence-corrected chi connectivity index (χ0v) is 14.6. The number of rotatable bonds is 4. The summed E-state index contributed by atoms with van der Waals surface area (Å²) in [5.74, 6) is -0.213. The molecule has 2 heterocycles. The Kier molecular flexibility index (Phi) is 5.55. The van der Waals surface area contributed by atoms with Gasteiger partial charge in [-0.05, 0) is 18.6 Å². The molecule has 7 nitrogen and oxygen atoms in total. The minimum Gasteiger partial charge on any atom is -0.344 e. The minimum absolute atomic E-state index is 0.0222. The fourth-order valence-corrected chi connectivity index (χ4v) is 3.28. The van der Waals surface area contributed by atoms with Crippen molar-refractivity contribution in [1.82, 2.24) is 15.1 Å². The van der Waals surface area contributed by atoms with Crippen LogP contribution in [0.5, 0.6) is 0 Å². The molecule has 2 saturated heterocycles. The molecule has 2 fully saturated rings. The van der Waals surface area contributed by atoms with Gasteiger partial charge in [0, 0.05) is 32.6 Å². The zero-order valence-electron chi connectivity index (χ0n) is 13.8. The van der Waals surface area contributed by atoms with E-state index in [0.717, 1.165) is 0 Å². The Morgan fingerprint density at radius 1 is 1.20 bits per heavy atom. The number of hydrogen-bond donors (Lipinski definition) is 2. The third-order valence-corrected chi connectivity index (χ3v) is 4.82. The van der Waals surface area contributed by atoms with E-state index in [1.54, 1.807) is 23.1 Å². The van der Waals surface area contributed by atoms with E-state index in [4.69, 9.17) is 11.6 Å². The van der Waals surface area contributed by atoms with Crippen molar-refractivity contribution in [2.24, 2.45) is 0 Å². The summed E-state index contributed by atoms with van der Waals surface area (Å²) in [6, 6.07) is 6.72. The van der Waals surface area contributed by atoms with Crippen molar-refractivity contribution in [3.8, 4) is 0 Å². The molecule has 0 aliphatic carbocycles. The van der Waals surface area contributed by atoms with Crippen molar-refractivity contribution in [3.05, 3.63) is 29.3 Å². The third-order valence-electron chi connectivity index (χ3n) is 4.49. The van der Waals surface area contributed by atoms with Crippen LogP contribution in [0.1, 0.15) is 12.8 Å². The maximum absolute atomic E-state index is 12.4. The zero-order chi connectivity index (χ0) is 17.8. The number of benzene rings is 1. The normalized spacial score (nSPS) is 21.1. The Balaban J connectivity index is 1.44. The number of piperazine rings is 1. The van der Waals surface area contributed by atoms with Crippen molar-refractivity contribution in [3.63, 3.8) is 0 Å². The molecular weight excluding hydrogens is 344 g/mol. The molecule has 1 aromatic carbocycles. The maximum atomic E-state index is 12.4. The molecule has 1 unspecified atom stereocenters. The van der Waals surface area contributed by atoms with Crippen LogP contribution in [0, 0.1) is 0 Å². The number of hydrogen-bond acceptors (Lipinski definition) is 4. The number of anilines is 1. The van der Waals surface area contributed by atoms with Crippen LogP contribution in [0.25, 0.3) is 0 Å². The molecule has 0 radical (unpaired) electrons. The Labute approximate surface area is 151 Å². The maximum Gasteiger partial charge on any atom is 0.245 e. The monoisotopic (exact) mass is 364 g/mol. The fourth-order valence-electron chi connectivity index (χ4n) is 3.10. The lowest BCUT2D eigenvalue weighted by atomic mass is 10.2. The lowest BCUT2D eigenvalue weighted by molar-refractivity contribution is -0.136. The summed E-state index contributed by atoms with van der Waals surface area (Å²) in [4.78, 5) is 39.5. The van der Waals surface area contributed by atoms with Crippen LogP contribution in [0.3, 0.4) is 0 Å². The number of nitrogens with zero attached hydrogens (tertiary/aromatic N) is 2. The number of para-hydroxylation sites is 1. The molecule has 134 valence electrons. The largest absolute Gasteiger partial charge is 0.344 e. The number of carbonyl (C=O) groups excluding carboxylic acids is 3. The molecule has 0 aromatic heterocycles. The molecule has 2 aliphatic heterocycles. The first-order valence-corrected chi connectivity index (χ1v) is 8.75. The van der Waals surface area contributed by atoms with E-state index in [0.29, 0.717) is 49.7 Å². The second kappa shape index (κ2) is 7.84. The molecule has 0 spiro atoms. The van der Waals surface area contributed by atoms with Crippen molar-refractivity contribution in [2.45, 2.75) is 18.9 Å². The van der Waals surface area contributed by atoms with Gasteiger partial charge in [-0.3, -0.25) is 19.3 Å². The van der Waals surface area contributed by atoms with Crippen molar-refractivity contribution in [2.75, 3.05) is 38.0 Å². The Morgan fingerprint density at radius 2 is 1.92 bits per heavy atom. The Hall–Kier alpha value is -2.12. The van der Waals surface area contributed by atoms with E-state index in [-0.39, 0.29) is 30.3 Å². The number of halogens is 1. The predicted octanol–water partition coefficient (Wildman–Crippen LogP) is 0.701. The quantitative estimate of drug-likeness (QED) is 0.824. The molecule has 2 N–H and O–H groups in total. The van der Waals surface area contributed by atoms with Gasteiger partial charge in [-0.15, -0.1) is 0 Å². The van der Waals surface area contributed by atoms with E-state index in [1.165, 1.54) is 0 Å². The highest BCUT2D eigenvalue weighted by Gasteiger charge is 2.32. The van der Waals surface area contributed by atoms with E-state index in [9.17, 15) is 14.4 Å². The van der Waals surface area contributed by atoms with Gasteiger partial charge >= 0.3 is 0 Å². The summed E-state index contributed by atoms with van der Waals surface area (Å²) in [6.07, 6.45) is 0.983. The molecule has 1 atom stereocenters. The topological polar surface area (TPSA) is 81.8 Å². The summed E-state index contributed by atoms with van der Waals surface area (Å²) >= 11 is 6.04. The molecular formula is C17H21ClN4O3. The lowest BCUT2D eigenvalue weighted by Gasteiger charge is -2.35. The second-order valence-electron chi connectivity index (χ2n) is 6.29. The van der Waals surface area contributed by atoms with Crippen LogP contribution >= 0.6 is 11.6 Å². The SMILES string of the molecule is O=C(CN1CCN(C(=O)C2CCC(=O)N2)CC1)Nc1ccccc1Cl. The molecule has 0 bridgehead atoms. The highest BCUT2D eigenvalue weighted by atomic mass is 35.5. The first-order chi connectivity index (χ1) is 12.0. The summed E-state index contributed by atoms with van der Waals surface area (Å²) in [7, 11) is 0. The fraction of sp³-hybridized carbons (Fsp3) is 0.471. The van der Waals surface area contributed by atoms with Gasteiger partial charge in [0.1, 0.15) is 6.04 Å². The van der Waals surface area contributed by atoms with Crippen molar-refractivity contribution >= 4 is 35.0 Å². The standard InChI is InChI=1S/C17H21ClN4O3/c18-12-3-1-2-4-13(12)19-16(24)11-21-7-9-22(10-8-21)17(25)14-5-6-15(23)20-14/h1-4,14H,5-11H2,(H,19,24)(H,20,23). The molecule has 2 aliphatic rings. The van der Waals surface area contributed by atoms with Crippen molar-refractivity contribution in [1.29, 1.82) is 0 Å². The molecule has 25 heavy (non-hydrogen) atoms. The first kappa shape index (κ1) is 17.7. The molecule has 3 rings (SSSR count). The van der Waals surface area contributed by atoms with Gasteiger partial charge in [0.2, 0.25) is 17.7 Å². The number of amides is 3. The van der Waals surface area contributed by atoms with Crippen LogP contribution in [-0.4, -0.2) is 66.3 Å². The van der Waals surface area contributed by atoms with Gasteiger partial charge in [-0.25, -0.2) is 0 Å². The van der Waals surface area contributed by atoms with Gasteiger partial charge in [-0.2, -0.15) is 0 Å².